The third-order valence-corrected chi connectivity index (χ3v) is 9.86. The van der Waals surface area contributed by atoms with Crippen LogP contribution >= 0.6 is 0 Å². The maximum atomic E-state index is 13.7. The molecule has 1 aromatic carbocycles. The Hall–Kier alpha value is -3.37. The van der Waals surface area contributed by atoms with Crippen molar-refractivity contribution in [3.8, 4) is 11.5 Å². The Morgan fingerprint density at radius 2 is 1.88 bits per heavy atom. The molecule has 0 saturated heterocycles. The first-order valence-corrected chi connectivity index (χ1v) is 14.0. The minimum Gasteiger partial charge on any atom is -0.508 e. The van der Waals surface area contributed by atoms with Crippen LogP contribution in [0.2, 0.25) is 0 Å². The molecule has 0 radical (unpaired) electrons. The number of amides is 1. The largest absolute Gasteiger partial charge is 0.508 e. The number of carbonyl (C=O) groups is 3. The van der Waals surface area contributed by atoms with Crippen LogP contribution < -0.4 is 10.5 Å². The summed E-state index contributed by atoms with van der Waals surface area (Å²) in [6.45, 7) is 6.61. The normalized spacial score (nSPS) is 27.2. The standard InChI is InChI=1S/C30H38N2O8/c1-4-29(7-6-8-29)14-32(5-2)13-16-11-19(33)22-18(25(16)40-3)10-15-9-17-12-20(34)23(28(31)38)27(37)30(17,39)26(36)21(15)24(22)35/h11,15,17,33,35,37,39H,4-10,12-14H2,1-3H3,(H2,31,38)/t15?,17-,30-/m0/s1. The van der Waals surface area contributed by atoms with E-state index in [1.807, 2.05) is 0 Å². The first kappa shape index (κ1) is 28.2. The number of rotatable bonds is 8. The van der Waals surface area contributed by atoms with Gasteiger partial charge in [-0.3, -0.25) is 19.3 Å². The number of hydrogen-bond donors (Lipinski definition) is 5. The molecule has 2 saturated carbocycles. The molecule has 4 aliphatic carbocycles. The number of benzene rings is 1. The summed E-state index contributed by atoms with van der Waals surface area (Å²) in [5, 5.41) is 44.6. The third kappa shape index (κ3) is 4.03. The summed E-state index contributed by atoms with van der Waals surface area (Å²) >= 11 is 0. The Bertz CT molecular complexity index is 1350. The zero-order chi connectivity index (χ0) is 29.1. The summed E-state index contributed by atoms with van der Waals surface area (Å²) in [7, 11) is 1.53. The smallest absolute Gasteiger partial charge is 0.255 e. The van der Waals surface area contributed by atoms with Crippen LogP contribution in [0.5, 0.6) is 11.5 Å². The van der Waals surface area contributed by atoms with E-state index in [4.69, 9.17) is 10.5 Å². The summed E-state index contributed by atoms with van der Waals surface area (Å²) in [5.41, 5.74) is 3.37. The summed E-state index contributed by atoms with van der Waals surface area (Å²) < 4.78 is 5.84. The van der Waals surface area contributed by atoms with Crippen LogP contribution in [0.25, 0.3) is 5.76 Å². The molecule has 6 N–H and O–H groups in total. The van der Waals surface area contributed by atoms with Gasteiger partial charge in [0.1, 0.15) is 28.6 Å². The number of nitrogens with zero attached hydrogens (tertiary/aromatic N) is 1. The number of nitrogens with two attached hydrogens (primary N) is 1. The minimum absolute atomic E-state index is 0.0415. The number of primary amides is 1. The highest BCUT2D eigenvalue weighted by atomic mass is 16.5. The Morgan fingerprint density at radius 3 is 2.42 bits per heavy atom. The Kier molecular flexibility index (Phi) is 6.99. The topological polar surface area (TPSA) is 171 Å². The van der Waals surface area contributed by atoms with Gasteiger partial charge in [0.15, 0.2) is 11.4 Å². The van der Waals surface area contributed by atoms with Crippen LogP contribution in [0.1, 0.15) is 69.1 Å². The first-order chi connectivity index (χ1) is 18.9. The molecule has 0 aromatic heterocycles. The summed E-state index contributed by atoms with van der Waals surface area (Å²) in [4.78, 5) is 40.4. The monoisotopic (exact) mass is 554 g/mol. The number of hydrogen-bond acceptors (Lipinski definition) is 9. The molecule has 0 heterocycles. The summed E-state index contributed by atoms with van der Waals surface area (Å²) in [5.74, 6) is -5.91. The van der Waals surface area contributed by atoms with Crippen molar-refractivity contribution in [2.75, 3.05) is 20.2 Å². The number of phenolic OH excluding ortho intramolecular Hbond substituents is 1. The fraction of sp³-hybridized carbons (Fsp3) is 0.567. The van der Waals surface area contributed by atoms with Crippen molar-refractivity contribution in [1.29, 1.82) is 0 Å². The zero-order valence-electron chi connectivity index (χ0n) is 23.2. The fourth-order valence-electron chi connectivity index (χ4n) is 7.40. The lowest BCUT2D eigenvalue weighted by Crippen LogP contribution is -2.58. The van der Waals surface area contributed by atoms with Gasteiger partial charge in [0.05, 0.1) is 12.7 Å². The van der Waals surface area contributed by atoms with Crippen molar-refractivity contribution >= 4 is 23.2 Å². The molecular formula is C30H38N2O8. The second kappa shape index (κ2) is 9.92. The number of ether oxygens (including phenoxy) is 1. The number of aromatic hydroxyl groups is 1. The Morgan fingerprint density at radius 1 is 1.18 bits per heavy atom. The molecule has 0 aliphatic heterocycles. The van der Waals surface area contributed by atoms with Crippen LogP contribution in [0.3, 0.4) is 0 Å². The maximum absolute atomic E-state index is 13.7. The van der Waals surface area contributed by atoms with E-state index in [-0.39, 0.29) is 36.1 Å². The molecule has 2 fully saturated rings. The van der Waals surface area contributed by atoms with E-state index in [0.29, 0.717) is 23.3 Å². The number of fused-ring (bicyclic) bond motifs is 3. The highest BCUT2D eigenvalue weighted by Gasteiger charge is 2.60. The average molecular weight is 555 g/mol. The lowest BCUT2D eigenvalue weighted by Gasteiger charge is -2.46. The SMILES string of the molecule is CCN(Cc1cc(O)c2c(c1OC)CC1C[C@H]3CC(=O)C(C(N)=O)=C(O)[C@@]3(O)C(=O)C1=C2O)CC1(CC)CCC1. The van der Waals surface area contributed by atoms with E-state index in [9.17, 15) is 34.8 Å². The van der Waals surface area contributed by atoms with Crippen molar-refractivity contribution in [3.63, 3.8) is 0 Å². The van der Waals surface area contributed by atoms with Gasteiger partial charge in [0.2, 0.25) is 5.78 Å². The summed E-state index contributed by atoms with van der Waals surface area (Å²) in [6, 6.07) is 1.55. The Balaban J connectivity index is 1.56. The van der Waals surface area contributed by atoms with E-state index >= 15 is 0 Å². The molecule has 3 atom stereocenters. The average Bonchev–Trinajstić information content (AvgIpc) is 2.87. The van der Waals surface area contributed by atoms with Crippen molar-refractivity contribution in [2.24, 2.45) is 23.0 Å². The second-order valence-corrected chi connectivity index (χ2v) is 11.9. The van der Waals surface area contributed by atoms with Crippen LogP contribution in [-0.2, 0) is 27.3 Å². The number of Topliss-reactive ketones (excluding diaryl/α,β-unsaturated/α-hetero) is 2. The van der Waals surface area contributed by atoms with Crippen LogP contribution in [0, 0.1) is 17.3 Å². The second-order valence-electron chi connectivity index (χ2n) is 11.9. The van der Waals surface area contributed by atoms with E-state index in [1.165, 1.54) is 26.4 Å². The van der Waals surface area contributed by atoms with Crippen LogP contribution in [0.4, 0.5) is 0 Å². The molecule has 10 nitrogen and oxygen atoms in total. The molecule has 4 aliphatic rings. The van der Waals surface area contributed by atoms with Gasteiger partial charge in [-0.15, -0.1) is 0 Å². The highest BCUT2D eigenvalue weighted by molar-refractivity contribution is 6.22. The number of aliphatic hydroxyl groups excluding tert-OH is 2. The van der Waals surface area contributed by atoms with Crippen LogP contribution in [0.15, 0.2) is 23.0 Å². The molecule has 1 unspecified atom stereocenters. The first-order valence-electron chi connectivity index (χ1n) is 14.0. The number of phenols is 1. The third-order valence-electron chi connectivity index (χ3n) is 9.86. The predicted octanol–water partition coefficient (Wildman–Crippen LogP) is 2.83. The lowest BCUT2D eigenvalue weighted by atomic mass is 9.59. The van der Waals surface area contributed by atoms with Crippen molar-refractivity contribution in [2.45, 2.75) is 70.9 Å². The molecule has 40 heavy (non-hydrogen) atoms. The highest BCUT2D eigenvalue weighted by Crippen LogP contribution is 2.54. The van der Waals surface area contributed by atoms with Gasteiger partial charge in [0, 0.05) is 42.1 Å². The molecule has 1 amide bonds. The van der Waals surface area contributed by atoms with Crippen molar-refractivity contribution < 1.29 is 39.5 Å². The minimum atomic E-state index is -2.58. The number of carbonyl (C=O) groups excluding carboxylic acids is 3. The quantitative estimate of drug-likeness (QED) is 0.303. The molecule has 10 heteroatoms. The van der Waals surface area contributed by atoms with Gasteiger partial charge in [-0.2, -0.15) is 0 Å². The van der Waals surface area contributed by atoms with Crippen molar-refractivity contribution in [1.82, 2.24) is 4.90 Å². The van der Waals surface area contributed by atoms with Gasteiger partial charge < -0.3 is 30.9 Å². The molecule has 5 rings (SSSR count). The molecule has 1 aromatic rings. The maximum Gasteiger partial charge on any atom is 0.255 e. The molecule has 0 bridgehead atoms. The number of ketones is 2. The van der Waals surface area contributed by atoms with Gasteiger partial charge in [0.25, 0.3) is 5.91 Å². The summed E-state index contributed by atoms with van der Waals surface area (Å²) in [6.07, 6.45) is 4.68. The lowest BCUT2D eigenvalue weighted by molar-refractivity contribution is -0.147. The molecular weight excluding hydrogens is 516 g/mol. The van der Waals surface area contributed by atoms with E-state index in [2.05, 4.69) is 18.7 Å². The van der Waals surface area contributed by atoms with E-state index in [1.54, 1.807) is 6.07 Å². The fourth-order valence-corrected chi connectivity index (χ4v) is 7.40. The van der Waals surface area contributed by atoms with Crippen molar-refractivity contribution in [3.05, 3.63) is 39.7 Å². The number of aliphatic hydroxyl groups is 3. The molecule has 216 valence electrons. The van der Waals surface area contributed by atoms with Gasteiger partial charge in [-0.25, -0.2) is 0 Å². The van der Waals surface area contributed by atoms with E-state index < -0.39 is 52.0 Å². The van der Waals surface area contributed by atoms with Gasteiger partial charge >= 0.3 is 0 Å². The predicted molar refractivity (Wildman–Crippen MR) is 145 cm³/mol. The molecule has 0 spiro atoms. The van der Waals surface area contributed by atoms with Crippen LogP contribution in [-0.4, -0.2) is 68.6 Å². The van der Waals surface area contributed by atoms with Gasteiger partial charge in [-0.1, -0.05) is 20.3 Å². The zero-order valence-corrected chi connectivity index (χ0v) is 23.2. The van der Waals surface area contributed by atoms with E-state index in [0.717, 1.165) is 25.1 Å². The number of methoxy groups -OCH3 is 1. The van der Waals surface area contributed by atoms with Gasteiger partial charge in [-0.05, 0) is 56.0 Å². The Labute approximate surface area is 233 Å².